The van der Waals surface area contributed by atoms with Gasteiger partial charge in [0, 0.05) is 54.1 Å². The Morgan fingerprint density at radius 1 is 0.569 bits per heavy atom. The number of likely N-dealkylation sites (N-methyl/N-ethyl adjacent to an activating group) is 2. The van der Waals surface area contributed by atoms with Crippen molar-refractivity contribution in [3.63, 3.8) is 0 Å². The van der Waals surface area contributed by atoms with Crippen molar-refractivity contribution in [1.82, 2.24) is 0 Å². The van der Waals surface area contributed by atoms with Crippen LogP contribution in [0.25, 0.3) is 0 Å². The van der Waals surface area contributed by atoms with Gasteiger partial charge in [-0.25, -0.2) is 0 Å². The maximum Gasteiger partial charge on any atom is 0.238 e. The van der Waals surface area contributed by atoms with E-state index in [1.54, 1.807) is 74.8 Å². The molecule has 0 N–H and O–H groups in total. The van der Waals surface area contributed by atoms with Crippen LogP contribution < -0.4 is 9.80 Å². The van der Waals surface area contributed by atoms with Crippen molar-refractivity contribution in [2.75, 3.05) is 37.0 Å². The third-order valence-corrected chi connectivity index (χ3v) is 13.5. The zero-order valence-electron chi connectivity index (χ0n) is 31.1. The predicted octanol–water partition coefficient (Wildman–Crippen LogP) is 6.78. The summed E-state index contributed by atoms with van der Waals surface area (Å²) in [4.78, 5) is 75.1. The molecule has 2 fully saturated rings. The molecule has 0 unspecified atom stereocenters. The molecular weight excluding hydrogens is 884 g/mol. The predicted molar refractivity (Wildman–Crippen MR) is 218 cm³/mol. The Balaban J connectivity index is 0.000000177. The van der Waals surface area contributed by atoms with Gasteiger partial charge in [0.05, 0.1) is 34.5 Å². The van der Waals surface area contributed by atoms with E-state index in [1.807, 2.05) is 36.4 Å². The number of benzene rings is 4. The minimum absolute atomic E-state index is 0.0700. The highest BCUT2D eigenvalue weighted by molar-refractivity contribution is 9.10. The monoisotopic (exact) mass is 918 g/mol. The normalized spacial score (nSPS) is 28.0. The molecule has 16 nitrogen and oxygen atoms in total. The van der Waals surface area contributed by atoms with E-state index in [4.69, 9.17) is 0 Å². The molecule has 0 radical (unpaired) electrons. The molecule has 0 bridgehead atoms. The van der Waals surface area contributed by atoms with Crippen LogP contribution in [0, 0.1) is 52.3 Å². The number of nitro groups is 4. The van der Waals surface area contributed by atoms with Gasteiger partial charge in [0.25, 0.3) is 0 Å². The lowest BCUT2D eigenvalue weighted by Gasteiger charge is -2.30. The molecule has 300 valence electrons. The van der Waals surface area contributed by atoms with Crippen molar-refractivity contribution >= 4 is 55.0 Å². The van der Waals surface area contributed by atoms with E-state index in [2.05, 4.69) is 31.9 Å². The Labute approximate surface area is 348 Å². The maximum absolute atomic E-state index is 13.6. The maximum atomic E-state index is 13.6. The summed E-state index contributed by atoms with van der Waals surface area (Å²) in [6.45, 7) is -1.08. The smallest absolute Gasteiger partial charge is 0.238 e. The van der Waals surface area contributed by atoms with E-state index in [1.165, 1.54) is 9.80 Å². The van der Waals surface area contributed by atoms with Gasteiger partial charge >= 0.3 is 0 Å². The Hall–Kier alpha value is -5.62. The van der Waals surface area contributed by atoms with Gasteiger partial charge in [-0.1, -0.05) is 92.5 Å². The highest BCUT2D eigenvalue weighted by Crippen LogP contribution is 2.61. The molecule has 4 aromatic carbocycles. The van der Waals surface area contributed by atoms with Crippen molar-refractivity contribution in [2.24, 2.45) is 11.8 Å². The summed E-state index contributed by atoms with van der Waals surface area (Å²) in [6.07, 6.45) is 0.140. The fourth-order valence-corrected chi connectivity index (χ4v) is 10.9. The number of para-hydroxylation sites is 2. The standard InChI is InChI=1S/2C20H18BrN3O5/c2*1-22-16-5-3-2-4-15(16)20(19(22)25)10-13(11-23(26)27)18(24(28)29)17(20)12-6-8-14(21)9-7-12/h2*2-9,13,17-18H,10-11H2,1H3/t2*13-,17-,18+,20-/m10/s1. The van der Waals surface area contributed by atoms with Crippen molar-refractivity contribution in [3.05, 3.63) is 169 Å². The highest BCUT2D eigenvalue weighted by Gasteiger charge is 2.70. The topological polar surface area (TPSA) is 213 Å². The minimum Gasteiger partial charge on any atom is -0.314 e. The molecular formula is C40H36Br2N6O10. The largest absolute Gasteiger partial charge is 0.314 e. The summed E-state index contributed by atoms with van der Waals surface area (Å²) in [5, 5.41) is 46.8. The van der Waals surface area contributed by atoms with Crippen molar-refractivity contribution in [2.45, 2.75) is 47.6 Å². The first-order chi connectivity index (χ1) is 27.5. The van der Waals surface area contributed by atoms with Gasteiger partial charge in [0.15, 0.2) is 0 Å². The van der Waals surface area contributed by atoms with Crippen LogP contribution in [0.3, 0.4) is 0 Å². The van der Waals surface area contributed by atoms with E-state index in [0.29, 0.717) is 33.6 Å². The van der Waals surface area contributed by atoms with E-state index in [9.17, 15) is 50.0 Å². The Kier molecular flexibility index (Phi) is 10.7. The van der Waals surface area contributed by atoms with E-state index in [0.717, 1.165) is 8.95 Å². The molecule has 2 aliphatic carbocycles. The quantitative estimate of drug-likeness (QED) is 0.133. The third-order valence-electron chi connectivity index (χ3n) is 12.5. The molecule has 0 saturated heterocycles. The van der Waals surface area contributed by atoms with Gasteiger partial charge in [-0.15, -0.1) is 0 Å². The molecule has 58 heavy (non-hydrogen) atoms. The van der Waals surface area contributed by atoms with Crippen LogP contribution in [0.4, 0.5) is 11.4 Å². The summed E-state index contributed by atoms with van der Waals surface area (Å²) in [7, 11) is 3.30. The highest BCUT2D eigenvalue weighted by atomic mass is 79.9. The zero-order valence-corrected chi connectivity index (χ0v) is 34.2. The van der Waals surface area contributed by atoms with Crippen LogP contribution in [0.15, 0.2) is 106 Å². The lowest BCUT2D eigenvalue weighted by atomic mass is 9.69. The van der Waals surface area contributed by atoms with E-state index in [-0.39, 0.29) is 24.7 Å². The molecule has 8 rings (SSSR count). The van der Waals surface area contributed by atoms with Crippen LogP contribution in [0.5, 0.6) is 0 Å². The van der Waals surface area contributed by atoms with Gasteiger partial charge in [0.2, 0.25) is 37.0 Å². The molecule has 2 amide bonds. The third kappa shape index (κ3) is 6.42. The molecule has 4 aromatic rings. The summed E-state index contributed by atoms with van der Waals surface area (Å²) >= 11 is 6.73. The first-order valence-electron chi connectivity index (χ1n) is 18.3. The number of amides is 2. The fourth-order valence-electron chi connectivity index (χ4n) is 10.4. The Bertz CT molecular complexity index is 2190. The molecule has 4 aliphatic rings. The van der Waals surface area contributed by atoms with Crippen molar-refractivity contribution in [3.8, 4) is 0 Å². The van der Waals surface area contributed by atoms with Gasteiger partial charge in [-0.3, -0.25) is 50.0 Å². The van der Waals surface area contributed by atoms with Crippen LogP contribution in [0.1, 0.15) is 46.9 Å². The number of nitrogens with zero attached hydrogens (tertiary/aromatic N) is 6. The summed E-state index contributed by atoms with van der Waals surface area (Å²) in [5.74, 6) is -3.79. The van der Waals surface area contributed by atoms with Crippen molar-refractivity contribution in [1.29, 1.82) is 0 Å². The van der Waals surface area contributed by atoms with Crippen LogP contribution in [0.2, 0.25) is 0 Å². The average molecular weight is 921 g/mol. The molecule has 8 atom stereocenters. The molecule has 2 saturated carbocycles. The minimum atomic E-state index is -1.23. The van der Waals surface area contributed by atoms with Gasteiger partial charge in [0.1, 0.15) is 0 Å². The van der Waals surface area contributed by atoms with E-state index >= 15 is 0 Å². The number of carbonyl (C=O) groups excluding carboxylic acids is 2. The number of anilines is 2. The van der Waals surface area contributed by atoms with Crippen LogP contribution in [-0.4, -0.2) is 70.8 Å². The number of hydrogen-bond acceptors (Lipinski definition) is 10. The number of rotatable bonds is 8. The summed E-state index contributed by atoms with van der Waals surface area (Å²) in [5.41, 5.74) is 1.69. The Morgan fingerprint density at radius 2 is 0.897 bits per heavy atom. The van der Waals surface area contributed by atoms with E-state index < -0.39 is 79.4 Å². The first-order valence-corrected chi connectivity index (χ1v) is 19.9. The van der Waals surface area contributed by atoms with Gasteiger partial charge < -0.3 is 9.80 Å². The van der Waals surface area contributed by atoms with Crippen LogP contribution in [-0.2, 0) is 20.4 Å². The number of halogens is 2. The lowest BCUT2D eigenvalue weighted by Crippen LogP contribution is -2.43. The lowest BCUT2D eigenvalue weighted by molar-refractivity contribution is -0.553. The SMILES string of the molecule is CN1C(=O)[C@@]2(C[C@@H](C[N+](=O)[O-])[C@@H]([N+](=O)[O-])[C@@H]2c2ccc(Br)cc2)c2ccccc21.CN1C(=O)[C@]2(C[C@H](C[N+](=O)[O-])[C@H]([N+](=O)[O-])[C@H]2c2ccc(Br)cc2)c2ccccc21. The first kappa shape index (κ1) is 40.6. The zero-order chi connectivity index (χ0) is 41.8. The molecule has 2 heterocycles. The molecule has 0 aromatic heterocycles. The summed E-state index contributed by atoms with van der Waals surface area (Å²) in [6, 6.07) is 26.1. The Morgan fingerprint density at radius 3 is 1.21 bits per heavy atom. The molecule has 2 aliphatic heterocycles. The second-order valence-electron chi connectivity index (χ2n) is 15.3. The fraction of sp³-hybridized carbons (Fsp3) is 0.350. The second-order valence-corrected chi connectivity index (χ2v) is 17.1. The van der Waals surface area contributed by atoms with Gasteiger partial charge in [-0.2, -0.15) is 0 Å². The number of fused-ring (bicyclic) bond motifs is 4. The van der Waals surface area contributed by atoms with Crippen molar-refractivity contribution < 1.29 is 29.3 Å². The summed E-state index contributed by atoms with van der Waals surface area (Å²) < 4.78 is 1.62. The van der Waals surface area contributed by atoms with Gasteiger partial charge in [-0.05, 0) is 71.5 Å². The number of carbonyl (C=O) groups is 2. The molecule has 2 spiro atoms. The number of hydrogen-bond donors (Lipinski definition) is 0. The second kappa shape index (κ2) is 15.3. The van der Waals surface area contributed by atoms with Crippen LogP contribution >= 0.6 is 31.9 Å². The average Bonchev–Trinajstić information content (AvgIpc) is 3.83. The molecule has 18 heteroatoms.